The molecule has 6 nitrogen and oxygen atoms in total. The highest BCUT2D eigenvalue weighted by Crippen LogP contribution is 2.36. The van der Waals surface area contributed by atoms with Gasteiger partial charge in [0.05, 0.1) is 16.1 Å². The lowest BCUT2D eigenvalue weighted by molar-refractivity contribution is -0.144. The molecule has 0 radical (unpaired) electrons. The zero-order chi connectivity index (χ0) is 20.5. The Morgan fingerprint density at radius 3 is 2.66 bits per heavy atom. The monoisotopic (exact) mass is 435 g/mol. The summed E-state index contributed by atoms with van der Waals surface area (Å²) in [4.78, 5) is 29.3. The number of nitrogens with zero attached hydrogens (tertiary/aromatic N) is 3. The Balaban J connectivity index is 1.63. The number of fused-ring (bicyclic) bond motifs is 1. The first-order valence-electron chi connectivity index (χ1n) is 9.67. The van der Waals surface area contributed by atoms with Crippen LogP contribution in [0.15, 0.2) is 36.5 Å². The smallest absolute Gasteiger partial charge is 0.249 e. The highest BCUT2D eigenvalue weighted by Gasteiger charge is 2.37. The van der Waals surface area contributed by atoms with Crippen LogP contribution in [0.25, 0.3) is 0 Å². The van der Waals surface area contributed by atoms with E-state index < -0.39 is 0 Å². The molecule has 1 fully saturated rings. The van der Waals surface area contributed by atoms with Crippen LogP contribution in [0, 0.1) is 0 Å². The van der Waals surface area contributed by atoms with Gasteiger partial charge in [-0.25, -0.2) is 0 Å². The lowest BCUT2D eigenvalue weighted by Crippen LogP contribution is -2.49. The molecule has 1 aromatic heterocycles. The van der Waals surface area contributed by atoms with Crippen LogP contribution in [0.2, 0.25) is 10.0 Å². The van der Waals surface area contributed by atoms with E-state index in [0.29, 0.717) is 23.1 Å². The molecule has 0 saturated heterocycles. The number of halogens is 2. The second kappa shape index (κ2) is 8.38. The number of methoxy groups -OCH3 is 1. The molecule has 2 aliphatic rings. The summed E-state index contributed by atoms with van der Waals surface area (Å²) >= 11 is 12.4. The maximum absolute atomic E-state index is 13.3. The first-order chi connectivity index (χ1) is 14.0. The molecule has 2 heterocycles. The van der Waals surface area contributed by atoms with Gasteiger partial charge in [0, 0.05) is 38.1 Å². The summed E-state index contributed by atoms with van der Waals surface area (Å²) in [6.07, 6.45) is 3.88. The standard InChI is InChI=1S/C21H23Cl2N3O3/c1-29-13-20(28)26(15-5-6-15)12-19(27)25-10-9-24-8-2-3-18(24)21(25)14-4-7-16(22)17(23)11-14/h2-4,7-8,11,15,21H,5-6,9-10,12-13H2,1H3. The molecule has 0 spiro atoms. The van der Waals surface area contributed by atoms with Crippen molar-refractivity contribution >= 4 is 35.0 Å². The second-order valence-corrected chi connectivity index (χ2v) is 8.29. The summed E-state index contributed by atoms with van der Waals surface area (Å²) in [6.45, 7) is 1.32. The van der Waals surface area contributed by atoms with E-state index in [0.717, 1.165) is 24.1 Å². The molecule has 0 N–H and O–H groups in total. The van der Waals surface area contributed by atoms with Gasteiger partial charge in [0.25, 0.3) is 0 Å². The van der Waals surface area contributed by atoms with Gasteiger partial charge in [-0.15, -0.1) is 0 Å². The number of ether oxygens (including phenoxy) is 1. The van der Waals surface area contributed by atoms with E-state index >= 15 is 0 Å². The molecular weight excluding hydrogens is 413 g/mol. The van der Waals surface area contributed by atoms with E-state index in [-0.39, 0.29) is 37.0 Å². The number of benzene rings is 1. The van der Waals surface area contributed by atoms with E-state index in [1.807, 2.05) is 35.4 Å². The maximum Gasteiger partial charge on any atom is 0.249 e. The molecule has 1 aliphatic carbocycles. The quantitative estimate of drug-likeness (QED) is 0.698. The Kier molecular flexibility index (Phi) is 5.86. The molecule has 1 aromatic carbocycles. The topological polar surface area (TPSA) is 54.8 Å². The predicted octanol–water partition coefficient (Wildman–Crippen LogP) is 3.36. The minimum Gasteiger partial charge on any atom is -0.375 e. The predicted molar refractivity (Wildman–Crippen MR) is 111 cm³/mol. The lowest BCUT2D eigenvalue weighted by Gasteiger charge is -2.38. The van der Waals surface area contributed by atoms with Gasteiger partial charge in [-0.2, -0.15) is 0 Å². The molecule has 29 heavy (non-hydrogen) atoms. The van der Waals surface area contributed by atoms with Crippen LogP contribution < -0.4 is 0 Å². The second-order valence-electron chi connectivity index (χ2n) is 7.48. The third kappa shape index (κ3) is 4.15. The van der Waals surface area contributed by atoms with Gasteiger partial charge in [-0.1, -0.05) is 29.3 Å². The minimum atomic E-state index is -0.278. The van der Waals surface area contributed by atoms with Crippen molar-refractivity contribution in [3.05, 3.63) is 57.8 Å². The van der Waals surface area contributed by atoms with Crippen LogP contribution in [0.5, 0.6) is 0 Å². The van der Waals surface area contributed by atoms with Gasteiger partial charge in [0.15, 0.2) is 0 Å². The number of hydrogen-bond donors (Lipinski definition) is 0. The number of rotatable bonds is 6. The Hall–Kier alpha value is -2.02. The third-order valence-corrected chi connectivity index (χ3v) is 6.24. The first kappa shape index (κ1) is 20.3. The van der Waals surface area contributed by atoms with Crippen molar-refractivity contribution in [2.75, 3.05) is 26.8 Å². The zero-order valence-electron chi connectivity index (χ0n) is 16.2. The van der Waals surface area contributed by atoms with Gasteiger partial charge in [-0.05, 0) is 42.7 Å². The first-order valence-corrected chi connectivity index (χ1v) is 10.4. The number of amides is 2. The largest absolute Gasteiger partial charge is 0.375 e. The Labute approximate surface area is 179 Å². The van der Waals surface area contributed by atoms with Crippen molar-refractivity contribution in [2.45, 2.75) is 31.5 Å². The van der Waals surface area contributed by atoms with Crippen LogP contribution >= 0.6 is 23.2 Å². The molecule has 1 saturated carbocycles. The number of carbonyl (C=O) groups is 2. The number of carbonyl (C=O) groups excluding carboxylic acids is 2. The summed E-state index contributed by atoms with van der Waals surface area (Å²) in [6, 6.07) is 9.32. The van der Waals surface area contributed by atoms with Gasteiger partial charge in [-0.3, -0.25) is 9.59 Å². The summed E-state index contributed by atoms with van der Waals surface area (Å²) in [7, 11) is 1.49. The van der Waals surface area contributed by atoms with Crippen molar-refractivity contribution < 1.29 is 14.3 Å². The van der Waals surface area contributed by atoms with Crippen molar-refractivity contribution in [1.29, 1.82) is 0 Å². The van der Waals surface area contributed by atoms with E-state index in [1.165, 1.54) is 7.11 Å². The molecule has 154 valence electrons. The van der Waals surface area contributed by atoms with Crippen LogP contribution in [0.4, 0.5) is 0 Å². The molecular formula is C21H23Cl2N3O3. The van der Waals surface area contributed by atoms with Crippen molar-refractivity contribution in [3.63, 3.8) is 0 Å². The zero-order valence-corrected chi connectivity index (χ0v) is 17.7. The fraction of sp³-hybridized carbons (Fsp3) is 0.429. The minimum absolute atomic E-state index is 0.0111. The van der Waals surface area contributed by atoms with E-state index in [1.54, 1.807) is 11.0 Å². The fourth-order valence-corrected chi connectivity index (χ4v) is 4.24. The molecule has 2 aromatic rings. The molecule has 2 amide bonds. The Morgan fingerprint density at radius 1 is 1.17 bits per heavy atom. The molecule has 4 rings (SSSR count). The summed E-state index contributed by atoms with van der Waals surface area (Å²) in [5.74, 6) is -0.223. The average Bonchev–Trinajstić information content (AvgIpc) is 3.43. The highest BCUT2D eigenvalue weighted by molar-refractivity contribution is 6.42. The molecule has 1 unspecified atom stereocenters. The van der Waals surface area contributed by atoms with Crippen molar-refractivity contribution in [1.82, 2.24) is 14.4 Å². The van der Waals surface area contributed by atoms with Crippen molar-refractivity contribution in [3.8, 4) is 0 Å². The maximum atomic E-state index is 13.3. The molecule has 1 atom stereocenters. The average molecular weight is 436 g/mol. The summed E-state index contributed by atoms with van der Waals surface area (Å²) in [5.41, 5.74) is 1.91. The van der Waals surface area contributed by atoms with E-state index in [4.69, 9.17) is 27.9 Å². The van der Waals surface area contributed by atoms with E-state index in [2.05, 4.69) is 4.57 Å². The lowest BCUT2D eigenvalue weighted by atomic mass is 9.99. The highest BCUT2D eigenvalue weighted by atomic mass is 35.5. The summed E-state index contributed by atoms with van der Waals surface area (Å²) in [5, 5.41) is 0.930. The third-order valence-electron chi connectivity index (χ3n) is 5.50. The Bertz CT molecular complexity index is 926. The van der Waals surface area contributed by atoms with E-state index in [9.17, 15) is 9.59 Å². The normalized spacial score (nSPS) is 18.4. The molecule has 1 aliphatic heterocycles. The Morgan fingerprint density at radius 2 is 1.97 bits per heavy atom. The van der Waals surface area contributed by atoms with Gasteiger partial charge in [0.2, 0.25) is 11.8 Å². The van der Waals surface area contributed by atoms with Gasteiger partial charge < -0.3 is 19.1 Å². The number of hydrogen-bond acceptors (Lipinski definition) is 3. The SMILES string of the molecule is COCC(=O)N(CC(=O)N1CCn2cccc2C1c1ccc(Cl)c(Cl)c1)C1CC1. The van der Waals surface area contributed by atoms with Crippen LogP contribution in [0.3, 0.4) is 0 Å². The van der Waals surface area contributed by atoms with Gasteiger partial charge in [0.1, 0.15) is 13.2 Å². The van der Waals surface area contributed by atoms with Crippen LogP contribution in [0.1, 0.15) is 30.1 Å². The van der Waals surface area contributed by atoms with Gasteiger partial charge >= 0.3 is 0 Å². The fourth-order valence-electron chi connectivity index (χ4n) is 3.94. The molecule has 0 bridgehead atoms. The summed E-state index contributed by atoms with van der Waals surface area (Å²) < 4.78 is 7.14. The molecule has 8 heteroatoms. The van der Waals surface area contributed by atoms with Crippen LogP contribution in [-0.4, -0.2) is 59.0 Å². The van der Waals surface area contributed by atoms with Crippen molar-refractivity contribution in [2.24, 2.45) is 0 Å². The number of aromatic nitrogens is 1. The van der Waals surface area contributed by atoms with Crippen LogP contribution in [-0.2, 0) is 20.9 Å².